The minimum absolute atomic E-state index is 0.0736. The maximum absolute atomic E-state index is 12.5. The number of hydrogen-bond acceptors (Lipinski definition) is 4. The minimum atomic E-state index is 0.0736. The predicted octanol–water partition coefficient (Wildman–Crippen LogP) is 2.14. The Balaban J connectivity index is 1.56. The fourth-order valence-electron chi connectivity index (χ4n) is 3.39. The van der Waals surface area contributed by atoms with Crippen molar-refractivity contribution in [2.24, 2.45) is 5.92 Å². The molecule has 1 saturated heterocycles. The molecule has 1 atom stereocenters. The Morgan fingerprint density at radius 2 is 1.86 bits per heavy atom. The van der Waals surface area contributed by atoms with Gasteiger partial charge in [0.25, 0.3) is 0 Å². The number of nitrogens with zero attached hydrogens (tertiary/aromatic N) is 3. The molecule has 0 aromatic carbocycles. The summed E-state index contributed by atoms with van der Waals surface area (Å²) in [5.41, 5.74) is 0. The van der Waals surface area contributed by atoms with Crippen LogP contribution in [0.15, 0.2) is 18.5 Å². The SMILES string of the molecule is O=C(NC1CCCCC1)C1CCCN(c2ncccn2)C1. The monoisotopic (exact) mass is 288 g/mol. The van der Waals surface area contributed by atoms with Gasteiger partial charge in [0.05, 0.1) is 5.92 Å². The van der Waals surface area contributed by atoms with E-state index in [-0.39, 0.29) is 11.8 Å². The minimum Gasteiger partial charge on any atom is -0.353 e. The van der Waals surface area contributed by atoms with Crippen LogP contribution in [0.2, 0.25) is 0 Å². The highest BCUT2D eigenvalue weighted by Crippen LogP contribution is 2.22. The van der Waals surface area contributed by atoms with Crippen molar-refractivity contribution in [3.05, 3.63) is 18.5 Å². The molecule has 3 rings (SSSR count). The Morgan fingerprint density at radius 1 is 1.10 bits per heavy atom. The Kier molecular flexibility index (Phi) is 4.68. The molecular formula is C16H24N4O. The highest BCUT2D eigenvalue weighted by atomic mass is 16.2. The molecular weight excluding hydrogens is 264 g/mol. The molecule has 5 heteroatoms. The molecule has 1 aromatic heterocycles. The Bertz CT molecular complexity index is 459. The first-order valence-corrected chi connectivity index (χ1v) is 8.15. The normalized spacial score (nSPS) is 23.8. The van der Waals surface area contributed by atoms with Gasteiger partial charge >= 0.3 is 0 Å². The van der Waals surface area contributed by atoms with Crippen LogP contribution in [0.25, 0.3) is 0 Å². The van der Waals surface area contributed by atoms with Crippen LogP contribution in [-0.4, -0.2) is 35.0 Å². The van der Waals surface area contributed by atoms with Gasteiger partial charge in [-0.1, -0.05) is 19.3 Å². The van der Waals surface area contributed by atoms with Crippen molar-refractivity contribution in [3.8, 4) is 0 Å². The second kappa shape index (κ2) is 6.87. The maximum atomic E-state index is 12.5. The van der Waals surface area contributed by atoms with Crippen molar-refractivity contribution in [1.29, 1.82) is 0 Å². The zero-order valence-electron chi connectivity index (χ0n) is 12.5. The van der Waals surface area contributed by atoms with E-state index in [4.69, 9.17) is 0 Å². The molecule has 1 amide bonds. The van der Waals surface area contributed by atoms with Gasteiger partial charge in [-0.3, -0.25) is 4.79 Å². The summed E-state index contributed by atoms with van der Waals surface area (Å²) in [5, 5.41) is 3.25. The number of piperidine rings is 1. The van der Waals surface area contributed by atoms with Crippen LogP contribution in [0.1, 0.15) is 44.9 Å². The van der Waals surface area contributed by atoms with Crippen molar-refractivity contribution in [1.82, 2.24) is 15.3 Å². The number of carbonyl (C=O) groups excluding carboxylic acids is 1. The van der Waals surface area contributed by atoms with Crippen LogP contribution >= 0.6 is 0 Å². The average Bonchev–Trinajstić information content (AvgIpc) is 2.57. The van der Waals surface area contributed by atoms with Crippen LogP contribution in [0, 0.1) is 5.92 Å². The summed E-state index contributed by atoms with van der Waals surface area (Å²) in [6, 6.07) is 2.22. The zero-order chi connectivity index (χ0) is 14.5. The summed E-state index contributed by atoms with van der Waals surface area (Å²) >= 11 is 0. The number of amides is 1. The lowest BCUT2D eigenvalue weighted by atomic mass is 9.93. The average molecular weight is 288 g/mol. The molecule has 1 unspecified atom stereocenters. The van der Waals surface area contributed by atoms with Crippen molar-refractivity contribution in [3.63, 3.8) is 0 Å². The second-order valence-electron chi connectivity index (χ2n) is 6.18. The van der Waals surface area contributed by atoms with Gasteiger partial charge < -0.3 is 10.2 Å². The summed E-state index contributed by atoms with van der Waals surface area (Å²) in [7, 11) is 0. The van der Waals surface area contributed by atoms with E-state index in [1.54, 1.807) is 12.4 Å². The van der Waals surface area contributed by atoms with Crippen LogP contribution in [0.4, 0.5) is 5.95 Å². The first-order valence-electron chi connectivity index (χ1n) is 8.15. The van der Waals surface area contributed by atoms with Crippen molar-refractivity contribution in [2.75, 3.05) is 18.0 Å². The van der Waals surface area contributed by atoms with Crippen molar-refractivity contribution < 1.29 is 4.79 Å². The maximum Gasteiger partial charge on any atom is 0.225 e. The first kappa shape index (κ1) is 14.3. The van der Waals surface area contributed by atoms with Crippen LogP contribution < -0.4 is 10.2 Å². The van der Waals surface area contributed by atoms with Gasteiger partial charge in [0, 0.05) is 31.5 Å². The number of rotatable bonds is 3. The zero-order valence-corrected chi connectivity index (χ0v) is 12.5. The Morgan fingerprint density at radius 3 is 2.62 bits per heavy atom. The third-order valence-corrected chi connectivity index (χ3v) is 4.58. The highest BCUT2D eigenvalue weighted by molar-refractivity contribution is 5.79. The molecule has 1 saturated carbocycles. The fourth-order valence-corrected chi connectivity index (χ4v) is 3.39. The highest BCUT2D eigenvalue weighted by Gasteiger charge is 2.28. The number of aromatic nitrogens is 2. The molecule has 2 heterocycles. The van der Waals surface area contributed by atoms with Crippen LogP contribution in [0.3, 0.4) is 0 Å². The number of anilines is 1. The first-order chi connectivity index (χ1) is 10.3. The van der Waals surface area contributed by atoms with Crippen molar-refractivity contribution in [2.45, 2.75) is 51.0 Å². The quantitative estimate of drug-likeness (QED) is 0.926. The number of nitrogens with one attached hydrogen (secondary N) is 1. The van der Waals surface area contributed by atoms with E-state index in [2.05, 4.69) is 20.2 Å². The molecule has 1 aliphatic carbocycles. The summed E-state index contributed by atoms with van der Waals surface area (Å²) in [5.74, 6) is 1.04. The molecule has 1 aromatic rings. The standard InChI is InChI=1S/C16H24N4O/c21-15(19-14-7-2-1-3-8-14)13-6-4-11-20(12-13)16-17-9-5-10-18-16/h5,9-10,13-14H,1-4,6-8,11-12H2,(H,19,21). The molecule has 21 heavy (non-hydrogen) atoms. The lowest BCUT2D eigenvalue weighted by molar-refractivity contribution is -0.126. The van der Waals surface area contributed by atoms with Crippen LogP contribution in [-0.2, 0) is 4.79 Å². The van der Waals surface area contributed by atoms with E-state index in [1.807, 2.05) is 6.07 Å². The lowest BCUT2D eigenvalue weighted by Gasteiger charge is -2.33. The third kappa shape index (κ3) is 3.71. The van der Waals surface area contributed by atoms with E-state index >= 15 is 0 Å². The Labute approximate surface area is 126 Å². The molecule has 1 N–H and O–H groups in total. The van der Waals surface area contributed by atoms with E-state index in [0.717, 1.165) is 44.7 Å². The van der Waals surface area contributed by atoms with E-state index in [0.29, 0.717) is 6.04 Å². The fraction of sp³-hybridized carbons (Fsp3) is 0.688. The predicted molar refractivity (Wildman–Crippen MR) is 82.0 cm³/mol. The van der Waals surface area contributed by atoms with Crippen LogP contribution in [0.5, 0.6) is 0 Å². The number of carbonyl (C=O) groups is 1. The van der Waals surface area contributed by atoms with E-state index in [1.165, 1.54) is 19.3 Å². The van der Waals surface area contributed by atoms with Gasteiger partial charge in [0.15, 0.2) is 0 Å². The number of hydrogen-bond donors (Lipinski definition) is 1. The van der Waals surface area contributed by atoms with Crippen molar-refractivity contribution >= 4 is 11.9 Å². The van der Waals surface area contributed by atoms with Gasteiger partial charge in [0.2, 0.25) is 11.9 Å². The summed E-state index contributed by atoms with van der Waals surface area (Å²) in [6.07, 6.45) is 11.6. The lowest BCUT2D eigenvalue weighted by Crippen LogP contribution is -2.46. The van der Waals surface area contributed by atoms with Gasteiger partial charge in [-0.25, -0.2) is 9.97 Å². The van der Waals surface area contributed by atoms with E-state index < -0.39 is 0 Å². The van der Waals surface area contributed by atoms with Gasteiger partial charge in [-0.15, -0.1) is 0 Å². The Hall–Kier alpha value is -1.65. The summed E-state index contributed by atoms with van der Waals surface area (Å²) in [4.78, 5) is 23.2. The van der Waals surface area contributed by atoms with Gasteiger partial charge in [-0.05, 0) is 31.7 Å². The molecule has 2 fully saturated rings. The molecule has 0 radical (unpaired) electrons. The van der Waals surface area contributed by atoms with Gasteiger partial charge in [-0.2, -0.15) is 0 Å². The third-order valence-electron chi connectivity index (χ3n) is 4.58. The molecule has 1 aliphatic heterocycles. The topological polar surface area (TPSA) is 58.1 Å². The molecule has 5 nitrogen and oxygen atoms in total. The molecule has 114 valence electrons. The molecule has 2 aliphatic rings. The van der Waals surface area contributed by atoms with Gasteiger partial charge in [0.1, 0.15) is 0 Å². The largest absolute Gasteiger partial charge is 0.353 e. The summed E-state index contributed by atoms with van der Waals surface area (Å²) in [6.45, 7) is 1.68. The molecule has 0 spiro atoms. The summed E-state index contributed by atoms with van der Waals surface area (Å²) < 4.78 is 0. The van der Waals surface area contributed by atoms with E-state index in [9.17, 15) is 4.79 Å². The second-order valence-corrected chi connectivity index (χ2v) is 6.18. The molecule has 0 bridgehead atoms. The smallest absolute Gasteiger partial charge is 0.225 e.